The molecule has 1 atom stereocenters. The van der Waals surface area contributed by atoms with Crippen LogP contribution in [0.2, 0.25) is 0 Å². The van der Waals surface area contributed by atoms with Gasteiger partial charge in [-0.15, -0.1) is 0 Å². The van der Waals surface area contributed by atoms with Crippen LogP contribution in [0.25, 0.3) is 0 Å². The maximum absolute atomic E-state index is 13.2. The van der Waals surface area contributed by atoms with E-state index in [1.54, 1.807) is 13.0 Å². The monoisotopic (exact) mass is 277 g/mol. The summed E-state index contributed by atoms with van der Waals surface area (Å²) in [4.78, 5) is 4.27. The average Bonchev–Trinajstić information content (AvgIpc) is 3.17. The molecule has 3 rings (SSSR count). The topological polar surface area (TPSA) is 74.2 Å². The molecule has 0 amide bonds. The number of benzene rings is 1. The van der Waals surface area contributed by atoms with Crippen LogP contribution in [0, 0.1) is 5.82 Å². The van der Waals surface area contributed by atoms with Crippen molar-refractivity contribution in [3.63, 3.8) is 0 Å². The van der Waals surface area contributed by atoms with Crippen molar-refractivity contribution in [3.8, 4) is 5.75 Å². The second kappa shape index (κ2) is 5.20. The first-order valence-corrected chi connectivity index (χ1v) is 6.64. The highest BCUT2D eigenvalue weighted by molar-refractivity contribution is 5.36. The molecule has 2 aromatic rings. The molecule has 0 bridgehead atoms. The van der Waals surface area contributed by atoms with Crippen molar-refractivity contribution in [2.24, 2.45) is 5.73 Å². The van der Waals surface area contributed by atoms with Crippen molar-refractivity contribution in [3.05, 3.63) is 41.3 Å². The van der Waals surface area contributed by atoms with E-state index < -0.39 is 0 Å². The van der Waals surface area contributed by atoms with Crippen LogP contribution in [0.4, 0.5) is 4.39 Å². The van der Waals surface area contributed by atoms with Gasteiger partial charge in [-0.2, -0.15) is 4.98 Å². The van der Waals surface area contributed by atoms with Crippen LogP contribution in [0.5, 0.6) is 5.75 Å². The summed E-state index contributed by atoms with van der Waals surface area (Å²) in [6.45, 7) is 1.94. The van der Waals surface area contributed by atoms with Crippen LogP contribution in [0.1, 0.15) is 49.0 Å². The van der Waals surface area contributed by atoms with Crippen molar-refractivity contribution in [2.45, 2.75) is 38.3 Å². The zero-order chi connectivity index (χ0) is 14.1. The first-order valence-electron chi connectivity index (χ1n) is 6.64. The Kier molecular flexibility index (Phi) is 3.40. The highest BCUT2D eigenvalue weighted by Gasteiger charge is 2.28. The van der Waals surface area contributed by atoms with E-state index in [4.69, 9.17) is 15.0 Å². The first kappa shape index (κ1) is 13.1. The molecule has 106 valence electrons. The lowest BCUT2D eigenvalue weighted by molar-refractivity contribution is 0.239. The zero-order valence-corrected chi connectivity index (χ0v) is 11.2. The molecule has 0 spiro atoms. The van der Waals surface area contributed by atoms with Gasteiger partial charge in [0.25, 0.3) is 5.89 Å². The van der Waals surface area contributed by atoms with Gasteiger partial charge in [0.2, 0.25) is 0 Å². The Bertz CT molecular complexity index is 608. The quantitative estimate of drug-likeness (QED) is 0.909. The summed E-state index contributed by atoms with van der Waals surface area (Å²) >= 11 is 0. The SMILES string of the molecule is C[C@H](N)c1cc(F)ccc1OCc1nc(C2CC2)no1. The van der Waals surface area contributed by atoms with Gasteiger partial charge < -0.3 is 15.0 Å². The highest BCUT2D eigenvalue weighted by atomic mass is 19.1. The van der Waals surface area contributed by atoms with Crippen LogP contribution in [-0.2, 0) is 6.61 Å². The summed E-state index contributed by atoms with van der Waals surface area (Å²) in [5.74, 6) is 1.81. The average molecular weight is 277 g/mol. The molecule has 1 fully saturated rings. The molecule has 0 unspecified atom stereocenters. The Hall–Kier alpha value is -1.95. The van der Waals surface area contributed by atoms with Crippen molar-refractivity contribution < 1.29 is 13.7 Å². The van der Waals surface area contributed by atoms with E-state index in [0.29, 0.717) is 23.1 Å². The maximum atomic E-state index is 13.2. The Morgan fingerprint density at radius 2 is 2.30 bits per heavy atom. The third-order valence-corrected chi connectivity index (χ3v) is 3.24. The molecule has 20 heavy (non-hydrogen) atoms. The smallest absolute Gasteiger partial charge is 0.264 e. The largest absolute Gasteiger partial charge is 0.483 e. The molecule has 1 aliphatic rings. The number of rotatable bonds is 5. The minimum Gasteiger partial charge on any atom is -0.483 e. The molecular formula is C14H16FN3O2. The summed E-state index contributed by atoms with van der Waals surface area (Å²) in [7, 11) is 0. The maximum Gasteiger partial charge on any atom is 0.264 e. The molecule has 1 aliphatic carbocycles. The van der Waals surface area contributed by atoms with Crippen LogP contribution < -0.4 is 10.5 Å². The van der Waals surface area contributed by atoms with E-state index in [1.165, 1.54) is 12.1 Å². The lowest BCUT2D eigenvalue weighted by Crippen LogP contribution is -2.08. The van der Waals surface area contributed by atoms with E-state index in [0.717, 1.165) is 18.7 Å². The number of hydrogen-bond acceptors (Lipinski definition) is 5. The number of ether oxygens (including phenoxy) is 1. The van der Waals surface area contributed by atoms with Crippen molar-refractivity contribution in [1.82, 2.24) is 10.1 Å². The number of nitrogens with two attached hydrogens (primary N) is 1. The fourth-order valence-corrected chi connectivity index (χ4v) is 1.98. The standard InChI is InChI=1S/C14H16FN3O2/c1-8(16)11-6-10(15)4-5-12(11)19-7-13-17-14(18-20-13)9-2-3-9/h4-6,8-9H,2-3,7,16H2,1H3/t8-/m0/s1. The number of aromatic nitrogens is 2. The van der Waals surface area contributed by atoms with Gasteiger partial charge in [-0.25, -0.2) is 4.39 Å². The lowest BCUT2D eigenvalue weighted by atomic mass is 10.1. The lowest BCUT2D eigenvalue weighted by Gasteiger charge is -2.12. The molecular weight excluding hydrogens is 261 g/mol. The van der Waals surface area contributed by atoms with Gasteiger partial charge in [0.1, 0.15) is 11.6 Å². The number of hydrogen-bond donors (Lipinski definition) is 1. The number of halogens is 1. The molecule has 5 nitrogen and oxygen atoms in total. The van der Waals surface area contributed by atoms with Crippen molar-refractivity contribution >= 4 is 0 Å². The van der Waals surface area contributed by atoms with Crippen molar-refractivity contribution in [1.29, 1.82) is 0 Å². The normalized spacial score (nSPS) is 16.1. The van der Waals surface area contributed by atoms with Crippen LogP contribution in [0.15, 0.2) is 22.7 Å². The Morgan fingerprint density at radius 1 is 1.50 bits per heavy atom. The van der Waals surface area contributed by atoms with Gasteiger partial charge in [0.05, 0.1) is 0 Å². The van der Waals surface area contributed by atoms with Crippen LogP contribution >= 0.6 is 0 Å². The van der Waals surface area contributed by atoms with Gasteiger partial charge in [0, 0.05) is 17.5 Å². The first-order chi connectivity index (χ1) is 9.63. The Morgan fingerprint density at radius 3 is 3.00 bits per heavy atom. The molecule has 1 aromatic heterocycles. The predicted octanol–water partition coefficient (Wildman–Crippen LogP) is 2.68. The second-order valence-corrected chi connectivity index (χ2v) is 5.08. The predicted molar refractivity (Wildman–Crippen MR) is 69.6 cm³/mol. The third-order valence-electron chi connectivity index (χ3n) is 3.24. The van der Waals surface area contributed by atoms with Crippen molar-refractivity contribution in [2.75, 3.05) is 0 Å². The summed E-state index contributed by atoms with van der Waals surface area (Å²) in [6.07, 6.45) is 2.24. The summed E-state index contributed by atoms with van der Waals surface area (Å²) < 4.78 is 23.9. The van der Waals surface area contributed by atoms with Gasteiger partial charge in [0.15, 0.2) is 12.4 Å². The third kappa shape index (κ3) is 2.80. The van der Waals surface area contributed by atoms with E-state index in [2.05, 4.69) is 10.1 Å². The molecule has 0 saturated heterocycles. The zero-order valence-electron chi connectivity index (χ0n) is 11.2. The van der Waals surface area contributed by atoms with E-state index in [1.807, 2.05) is 0 Å². The molecule has 2 N–H and O–H groups in total. The second-order valence-electron chi connectivity index (χ2n) is 5.08. The summed E-state index contributed by atoms with van der Waals surface area (Å²) in [5, 5.41) is 3.91. The summed E-state index contributed by atoms with van der Waals surface area (Å²) in [5.41, 5.74) is 6.42. The van der Waals surface area contributed by atoms with Gasteiger partial charge in [-0.05, 0) is 38.0 Å². The minimum atomic E-state index is -0.335. The van der Waals surface area contributed by atoms with Gasteiger partial charge in [-0.3, -0.25) is 0 Å². The molecule has 1 saturated carbocycles. The molecule has 6 heteroatoms. The molecule has 0 aliphatic heterocycles. The molecule has 1 heterocycles. The molecule has 1 aromatic carbocycles. The van der Waals surface area contributed by atoms with E-state index in [9.17, 15) is 4.39 Å². The van der Waals surface area contributed by atoms with Crippen LogP contribution in [0.3, 0.4) is 0 Å². The van der Waals surface area contributed by atoms with E-state index >= 15 is 0 Å². The van der Waals surface area contributed by atoms with Gasteiger partial charge in [-0.1, -0.05) is 5.16 Å². The fraction of sp³-hybridized carbons (Fsp3) is 0.429. The highest BCUT2D eigenvalue weighted by Crippen LogP contribution is 2.38. The Balaban J connectivity index is 1.70. The summed E-state index contributed by atoms with van der Waals surface area (Å²) in [6, 6.07) is 3.96. The number of nitrogens with zero attached hydrogens (tertiary/aromatic N) is 2. The van der Waals surface area contributed by atoms with Gasteiger partial charge >= 0.3 is 0 Å². The minimum absolute atomic E-state index is 0.158. The molecule has 0 radical (unpaired) electrons. The Labute approximate surface area is 115 Å². The van der Waals surface area contributed by atoms with E-state index in [-0.39, 0.29) is 18.5 Å². The van der Waals surface area contributed by atoms with Crippen LogP contribution in [-0.4, -0.2) is 10.1 Å². The fourth-order valence-electron chi connectivity index (χ4n) is 1.98.